The molecule has 0 saturated heterocycles. The molecule has 9 heteroatoms. The summed E-state index contributed by atoms with van der Waals surface area (Å²) in [6.07, 6.45) is 0. The van der Waals surface area contributed by atoms with Gasteiger partial charge in [-0.25, -0.2) is 21.5 Å². The quantitative estimate of drug-likeness (QED) is 0.819. The van der Waals surface area contributed by atoms with Crippen molar-refractivity contribution in [1.82, 2.24) is 4.31 Å². The molecule has 0 bridgehead atoms. The highest BCUT2D eigenvalue weighted by Gasteiger charge is 2.17. The third-order valence-corrected chi connectivity index (χ3v) is 5.08. The summed E-state index contributed by atoms with van der Waals surface area (Å²) in [6, 6.07) is 8.78. The van der Waals surface area contributed by atoms with Gasteiger partial charge >= 0.3 is 0 Å². The average Bonchev–Trinajstić information content (AvgIpc) is 2.55. The van der Waals surface area contributed by atoms with Crippen LogP contribution in [-0.4, -0.2) is 39.3 Å². The molecule has 2 N–H and O–H groups in total. The van der Waals surface area contributed by atoms with Crippen molar-refractivity contribution in [3.05, 3.63) is 54.1 Å². The fraction of sp³-hybridized carbons (Fsp3) is 0.188. The van der Waals surface area contributed by atoms with Gasteiger partial charge in [0.25, 0.3) is 0 Å². The van der Waals surface area contributed by atoms with Crippen LogP contribution in [0.25, 0.3) is 0 Å². The fourth-order valence-corrected chi connectivity index (χ4v) is 2.89. The van der Waals surface area contributed by atoms with Crippen LogP contribution in [0.3, 0.4) is 0 Å². The molecule has 0 saturated carbocycles. The summed E-state index contributed by atoms with van der Waals surface area (Å²) in [5.41, 5.74) is 0.273. The Morgan fingerprint density at radius 3 is 2.48 bits per heavy atom. The number of hydrogen-bond acceptors (Lipinski definition) is 4. The maximum absolute atomic E-state index is 13.5. The predicted octanol–water partition coefficient (Wildman–Crippen LogP) is 2.27. The molecule has 0 atom stereocenters. The van der Waals surface area contributed by atoms with Crippen molar-refractivity contribution in [2.45, 2.75) is 4.90 Å². The van der Waals surface area contributed by atoms with Crippen molar-refractivity contribution < 1.29 is 22.0 Å². The molecule has 0 unspecified atom stereocenters. The molecule has 0 aliphatic carbocycles. The van der Waals surface area contributed by atoms with E-state index in [0.717, 1.165) is 16.4 Å². The smallest absolute Gasteiger partial charge is 0.243 e. The van der Waals surface area contributed by atoms with Crippen LogP contribution in [0.5, 0.6) is 0 Å². The van der Waals surface area contributed by atoms with Crippen molar-refractivity contribution in [2.75, 3.05) is 31.3 Å². The lowest BCUT2D eigenvalue weighted by Gasteiger charge is -2.13. The first kappa shape index (κ1) is 18.8. The van der Waals surface area contributed by atoms with Crippen LogP contribution in [0.4, 0.5) is 20.2 Å². The first-order valence-corrected chi connectivity index (χ1v) is 8.65. The van der Waals surface area contributed by atoms with Crippen molar-refractivity contribution in [1.29, 1.82) is 0 Å². The van der Waals surface area contributed by atoms with Gasteiger partial charge in [-0.1, -0.05) is 6.07 Å². The molecule has 0 radical (unpaired) electrons. The third-order valence-electron chi connectivity index (χ3n) is 3.27. The van der Waals surface area contributed by atoms with Crippen LogP contribution in [0, 0.1) is 11.6 Å². The Hall–Kier alpha value is -2.52. The Kier molecular flexibility index (Phi) is 5.70. The summed E-state index contributed by atoms with van der Waals surface area (Å²) in [5.74, 6) is -2.19. The number of nitrogens with one attached hydrogen (secondary N) is 2. The molecular formula is C16H17F2N3O3S. The summed E-state index contributed by atoms with van der Waals surface area (Å²) >= 11 is 0. The number of nitrogens with zero attached hydrogens (tertiary/aromatic N) is 1. The van der Waals surface area contributed by atoms with Crippen LogP contribution in [0.2, 0.25) is 0 Å². The summed E-state index contributed by atoms with van der Waals surface area (Å²) in [6.45, 7) is -0.220. The largest absolute Gasteiger partial charge is 0.376 e. The zero-order valence-electron chi connectivity index (χ0n) is 13.6. The number of benzene rings is 2. The molecule has 0 spiro atoms. The van der Waals surface area contributed by atoms with E-state index in [2.05, 4.69) is 10.6 Å². The van der Waals surface area contributed by atoms with E-state index in [-0.39, 0.29) is 17.1 Å². The number of halogens is 2. The normalized spacial score (nSPS) is 11.4. The summed E-state index contributed by atoms with van der Waals surface area (Å²) in [4.78, 5) is 11.9. The zero-order valence-corrected chi connectivity index (χ0v) is 14.4. The van der Waals surface area contributed by atoms with Gasteiger partial charge in [0.05, 0.1) is 17.1 Å². The van der Waals surface area contributed by atoms with Gasteiger partial charge in [0, 0.05) is 25.8 Å². The van der Waals surface area contributed by atoms with Crippen LogP contribution in [-0.2, 0) is 14.8 Å². The zero-order chi connectivity index (χ0) is 18.6. The molecule has 0 aliphatic rings. The highest BCUT2D eigenvalue weighted by atomic mass is 32.2. The van der Waals surface area contributed by atoms with Crippen LogP contribution < -0.4 is 10.6 Å². The Bertz CT molecular complexity index is 886. The molecule has 2 aromatic carbocycles. The van der Waals surface area contributed by atoms with Crippen LogP contribution >= 0.6 is 0 Å². The van der Waals surface area contributed by atoms with E-state index in [1.807, 2.05) is 0 Å². The van der Waals surface area contributed by atoms with E-state index < -0.39 is 27.6 Å². The molecule has 1 amide bonds. The Morgan fingerprint density at radius 1 is 1.12 bits per heavy atom. The van der Waals surface area contributed by atoms with Gasteiger partial charge < -0.3 is 10.6 Å². The van der Waals surface area contributed by atoms with E-state index in [1.54, 1.807) is 6.07 Å². The lowest BCUT2D eigenvalue weighted by molar-refractivity contribution is -0.114. The van der Waals surface area contributed by atoms with Gasteiger partial charge in [0.2, 0.25) is 15.9 Å². The Labute approximate surface area is 144 Å². The minimum absolute atomic E-state index is 0.0764. The lowest BCUT2D eigenvalue weighted by Crippen LogP contribution is -2.23. The standard InChI is InChI=1S/C16H17F2N3O3S/c1-21(2)25(23,24)13-5-3-4-12(9-13)19-10-16(22)20-15-7-6-11(17)8-14(15)18/h3-9,19H,10H2,1-2H3,(H,20,22). The van der Waals surface area contributed by atoms with Crippen LogP contribution in [0.1, 0.15) is 0 Å². The highest BCUT2D eigenvalue weighted by molar-refractivity contribution is 7.89. The van der Waals surface area contributed by atoms with E-state index >= 15 is 0 Å². The second kappa shape index (κ2) is 7.58. The maximum atomic E-state index is 13.5. The van der Waals surface area contributed by atoms with Gasteiger partial charge in [-0.3, -0.25) is 4.79 Å². The van der Waals surface area contributed by atoms with E-state index in [0.29, 0.717) is 11.8 Å². The lowest BCUT2D eigenvalue weighted by atomic mass is 10.3. The molecule has 0 heterocycles. The highest BCUT2D eigenvalue weighted by Crippen LogP contribution is 2.18. The molecule has 2 rings (SSSR count). The minimum atomic E-state index is -3.59. The van der Waals surface area contributed by atoms with Gasteiger partial charge in [0.1, 0.15) is 11.6 Å². The number of amides is 1. The number of anilines is 2. The monoisotopic (exact) mass is 369 g/mol. The van der Waals surface area contributed by atoms with Gasteiger partial charge in [-0.2, -0.15) is 0 Å². The predicted molar refractivity (Wildman–Crippen MR) is 90.8 cm³/mol. The first-order valence-electron chi connectivity index (χ1n) is 7.21. The Morgan fingerprint density at radius 2 is 1.84 bits per heavy atom. The number of rotatable bonds is 6. The van der Waals surface area contributed by atoms with Gasteiger partial charge in [-0.05, 0) is 30.3 Å². The van der Waals surface area contributed by atoms with Crippen molar-refractivity contribution in [2.24, 2.45) is 0 Å². The molecular weight excluding hydrogens is 352 g/mol. The van der Waals surface area contributed by atoms with Crippen molar-refractivity contribution >= 4 is 27.3 Å². The van der Waals surface area contributed by atoms with Gasteiger partial charge in [-0.15, -0.1) is 0 Å². The Balaban J connectivity index is 2.03. The molecule has 0 fully saturated rings. The van der Waals surface area contributed by atoms with E-state index in [1.165, 1.54) is 32.3 Å². The SMILES string of the molecule is CN(C)S(=O)(=O)c1cccc(NCC(=O)Nc2ccc(F)cc2F)c1. The van der Waals surface area contributed by atoms with E-state index in [4.69, 9.17) is 0 Å². The summed E-state index contributed by atoms with van der Waals surface area (Å²) < 4.78 is 51.5. The maximum Gasteiger partial charge on any atom is 0.243 e. The number of carbonyl (C=O) groups is 1. The second-order valence-corrected chi connectivity index (χ2v) is 7.49. The number of sulfonamides is 1. The first-order chi connectivity index (χ1) is 11.7. The van der Waals surface area contributed by atoms with E-state index in [9.17, 15) is 22.0 Å². The summed E-state index contributed by atoms with van der Waals surface area (Å²) in [7, 11) is -0.755. The molecule has 6 nitrogen and oxygen atoms in total. The average molecular weight is 369 g/mol. The molecule has 0 aliphatic heterocycles. The third kappa shape index (κ3) is 4.74. The molecule has 2 aromatic rings. The topological polar surface area (TPSA) is 78.5 Å². The summed E-state index contributed by atoms with van der Waals surface area (Å²) in [5, 5.41) is 5.06. The second-order valence-electron chi connectivity index (χ2n) is 5.34. The fourth-order valence-electron chi connectivity index (χ4n) is 1.94. The van der Waals surface area contributed by atoms with Crippen molar-refractivity contribution in [3.63, 3.8) is 0 Å². The minimum Gasteiger partial charge on any atom is -0.376 e. The van der Waals surface area contributed by atoms with Crippen LogP contribution in [0.15, 0.2) is 47.4 Å². The van der Waals surface area contributed by atoms with Crippen molar-refractivity contribution in [3.8, 4) is 0 Å². The molecule has 0 aromatic heterocycles. The number of carbonyl (C=O) groups excluding carboxylic acids is 1. The molecule has 134 valence electrons. The van der Waals surface area contributed by atoms with Gasteiger partial charge in [0.15, 0.2) is 0 Å². The molecule has 25 heavy (non-hydrogen) atoms. The number of hydrogen-bond donors (Lipinski definition) is 2.